The summed E-state index contributed by atoms with van der Waals surface area (Å²) in [6, 6.07) is 0. The molecule has 0 atom stereocenters. The second-order valence-electron chi connectivity index (χ2n) is 4.35. The average Bonchev–Trinajstić information content (AvgIpc) is 2.28. The second-order valence-corrected chi connectivity index (χ2v) is 7.43. The van der Waals surface area contributed by atoms with Crippen LogP contribution in [0.5, 0.6) is 5.75 Å². The monoisotopic (exact) mass is 288 g/mol. The number of allylic oxidation sites excluding steroid dienone is 1. The van der Waals surface area contributed by atoms with E-state index in [1.807, 2.05) is 19.9 Å². The van der Waals surface area contributed by atoms with Gasteiger partial charge in [-0.2, -0.15) is 0 Å². The van der Waals surface area contributed by atoms with E-state index in [0.29, 0.717) is 5.02 Å². The molecule has 17 heavy (non-hydrogen) atoms. The van der Waals surface area contributed by atoms with E-state index in [0.717, 1.165) is 33.9 Å². The molecule has 0 aliphatic rings. The molecule has 0 aliphatic heterocycles. The highest BCUT2D eigenvalue weighted by Gasteiger charge is 2.18. The molecule has 94 valence electrons. The van der Waals surface area contributed by atoms with E-state index in [-0.39, 0.29) is 0 Å². The molecule has 0 aliphatic carbocycles. The van der Waals surface area contributed by atoms with Crippen molar-refractivity contribution in [3.8, 4) is 5.75 Å². The molecule has 0 saturated carbocycles. The van der Waals surface area contributed by atoms with Crippen LogP contribution in [0.3, 0.4) is 0 Å². The van der Waals surface area contributed by atoms with Crippen molar-refractivity contribution < 1.29 is 4.43 Å². The molecule has 0 bridgehead atoms. The lowest BCUT2D eigenvalue weighted by atomic mass is 10.0. The normalized spacial score (nSPS) is 10.8. The predicted octanol–water partition coefficient (Wildman–Crippen LogP) is 4.70. The maximum absolute atomic E-state index is 6.33. The third kappa shape index (κ3) is 3.06. The van der Waals surface area contributed by atoms with Crippen LogP contribution in [-0.2, 0) is 6.42 Å². The maximum atomic E-state index is 6.33. The molecule has 0 fully saturated rings. The molecular formula is C13H18Cl2OSi. The van der Waals surface area contributed by atoms with Gasteiger partial charge in [0.2, 0.25) is 9.04 Å². The summed E-state index contributed by atoms with van der Waals surface area (Å²) in [4.78, 5) is 0. The highest BCUT2D eigenvalue weighted by molar-refractivity contribution is 6.49. The Balaban J connectivity index is 3.47. The number of hydrogen-bond acceptors (Lipinski definition) is 1. The van der Waals surface area contributed by atoms with Gasteiger partial charge in [0.25, 0.3) is 0 Å². The fourth-order valence-electron chi connectivity index (χ4n) is 1.73. The van der Waals surface area contributed by atoms with E-state index in [9.17, 15) is 0 Å². The van der Waals surface area contributed by atoms with Gasteiger partial charge in [0.1, 0.15) is 5.75 Å². The summed E-state index contributed by atoms with van der Waals surface area (Å²) < 4.78 is 5.95. The van der Waals surface area contributed by atoms with Crippen LogP contribution in [0.25, 0.3) is 0 Å². The summed E-state index contributed by atoms with van der Waals surface area (Å²) in [7, 11) is -1.20. The van der Waals surface area contributed by atoms with Gasteiger partial charge in [0, 0.05) is 10.6 Å². The fourth-order valence-corrected chi connectivity index (χ4v) is 3.05. The van der Waals surface area contributed by atoms with Crippen molar-refractivity contribution in [2.45, 2.75) is 33.4 Å². The molecule has 0 heterocycles. The van der Waals surface area contributed by atoms with Crippen LogP contribution in [0.2, 0.25) is 23.1 Å². The summed E-state index contributed by atoms with van der Waals surface area (Å²) in [5.41, 5.74) is 2.99. The summed E-state index contributed by atoms with van der Waals surface area (Å²) in [6.07, 6.45) is 2.57. The highest BCUT2D eigenvalue weighted by atomic mass is 35.5. The summed E-state index contributed by atoms with van der Waals surface area (Å²) in [5, 5.41) is 1.36. The van der Waals surface area contributed by atoms with Gasteiger partial charge in [-0.1, -0.05) is 29.3 Å². The Morgan fingerprint density at radius 1 is 1.18 bits per heavy atom. The summed E-state index contributed by atoms with van der Waals surface area (Å²) in [5.74, 6) is 0.799. The Morgan fingerprint density at radius 2 is 1.76 bits per heavy atom. The SMILES string of the molecule is C=CCc1c(C)c(Cl)c(C)c(Cl)c1O[SiH](C)C. The lowest BCUT2D eigenvalue weighted by molar-refractivity contribution is 0.572. The maximum Gasteiger partial charge on any atom is 0.229 e. The largest absolute Gasteiger partial charge is 0.546 e. The van der Waals surface area contributed by atoms with Crippen LogP contribution in [0.15, 0.2) is 12.7 Å². The zero-order chi connectivity index (χ0) is 13.2. The number of hydrogen-bond donors (Lipinski definition) is 0. The van der Waals surface area contributed by atoms with Crippen LogP contribution in [-0.4, -0.2) is 9.04 Å². The molecule has 1 rings (SSSR count). The highest BCUT2D eigenvalue weighted by Crippen LogP contribution is 2.40. The minimum Gasteiger partial charge on any atom is -0.546 e. The van der Waals surface area contributed by atoms with Gasteiger partial charge >= 0.3 is 0 Å². The van der Waals surface area contributed by atoms with Gasteiger partial charge in [0.05, 0.1) is 5.02 Å². The number of halogens is 2. The molecule has 1 nitrogen and oxygen atoms in total. The van der Waals surface area contributed by atoms with Crippen LogP contribution >= 0.6 is 23.2 Å². The molecular weight excluding hydrogens is 271 g/mol. The van der Waals surface area contributed by atoms with Gasteiger partial charge in [-0.3, -0.25) is 0 Å². The van der Waals surface area contributed by atoms with Crippen molar-refractivity contribution in [2.75, 3.05) is 0 Å². The lowest BCUT2D eigenvalue weighted by Gasteiger charge is -2.20. The van der Waals surface area contributed by atoms with Crippen molar-refractivity contribution in [2.24, 2.45) is 0 Å². The molecule has 0 saturated heterocycles. The average molecular weight is 289 g/mol. The lowest BCUT2D eigenvalue weighted by Crippen LogP contribution is -2.14. The van der Waals surface area contributed by atoms with Gasteiger partial charge in [0.15, 0.2) is 0 Å². The van der Waals surface area contributed by atoms with Crippen molar-refractivity contribution in [1.29, 1.82) is 0 Å². The Bertz CT molecular complexity index is 442. The summed E-state index contributed by atoms with van der Waals surface area (Å²) in [6.45, 7) is 11.9. The Labute approximate surface area is 115 Å². The van der Waals surface area contributed by atoms with E-state index >= 15 is 0 Å². The smallest absolute Gasteiger partial charge is 0.229 e. The Morgan fingerprint density at radius 3 is 2.24 bits per heavy atom. The molecule has 0 aromatic heterocycles. The Kier molecular flexibility index (Phi) is 5.11. The van der Waals surface area contributed by atoms with Gasteiger partial charge in [-0.15, -0.1) is 6.58 Å². The van der Waals surface area contributed by atoms with Gasteiger partial charge in [-0.25, -0.2) is 0 Å². The zero-order valence-electron chi connectivity index (χ0n) is 10.7. The first-order chi connectivity index (χ1) is 7.90. The number of rotatable bonds is 4. The third-order valence-corrected chi connectivity index (χ3v) is 4.35. The van der Waals surface area contributed by atoms with E-state index in [4.69, 9.17) is 27.6 Å². The molecule has 0 unspecified atom stereocenters. The summed E-state index contributed by atoms with van der Waals surface area (Å²) >= 11 is 12.6. The third-order valence-electron chi connectivity index (χ3n) is 2.62. The molecule has 0 radical (unpaired) electrons. The molecule has 0 N–H and O–H groups in total. The van der Waals surface area contributed by atoms with E-state index in [1.165, 1.54) is 0 Å². The van der Waals surface area contributed by atoms with Crippen LogP contribution in [0, 0.1) is 13.8 Å². The molecule has 0 spiro atoms. The second kappa shape index (κ2) is 5.94. The van der Waals surface area contributed by atoms with E-state index in [2.05, 4.69) is 19.7 Å². The van der Waals surface area contributed by atoms with Crippen LogP contribution in [0.1, 0.15) is 16.7 Å². The minimum absolute atomic E-state index is 0.638. The standard InChI is InChI=1S/C13H18Cl2OSi/c1-6-7-10-8(2)11(14)9(3)12(15)13(10)16-17(4)5/h6,17H,1,7H2,2-5H3. The van der Waals surface area contributed by atoms with E-state index in [1.54, 1.807) is 0 Å². The van der Waals surface area contributed by atoms with Crippen molar-refractivity contribution in [3.05, 3.63) is 39.4 Å². The first-order valence-electron chi connectivity index (χ1n) is 5.64. The van der Waals surface area contributed by atoms with Crippen molar-refractivity contribution >= 4 is 32.2 Å². The van der Waals surface area contributed by atoms with Crippen molar-refractivity contribution in [3.63, 3.8) is 0 Å². The molecule has 0 amide bonds. The fraction of sp³-hybridized carbons (Fsp3) is 0.385. The molecule has 1 aromatic carbocycles. The molecule has 4 heteroatoms. The Hall–Kier alpha value is -0.443. The van der Waals surface area contributed by atoms with Crippen molar-refractivity contribution in [1.82, 2.24) is 0 Å². The number of benzene rings is 1. The zero-order valence-corrected chi connectivity index (χ0v) is 13.4. The van der Waals surface area contributed by atoms with Gasteiger partial charge in [-0.05, 0) is 44.5 Å². The minimum atomic E-state index is -1.20. The first kappa shape index (κ1) is 14.6. The van der Waals surface area contributed by atoms with Crippen LogP contribution in [0.4, 0.5) is 0 Å². The van der Waals surface area contributed by atoms with Crippen LogP contribution < -0.4 is 4.43 Å². The quantitative estimate of drug-likeness (QED) is 0.576. The first-order valence-corrected chi connectivity index (χ1v) is 9.18. The van der Waals surface area contributed by atoms with E-state index < -0.39 is 9.04 Å². The van der Waals surface area contributed by atoms with Gasteiger partial charge < -0.3 is 4.43 Å². The predicted molar refractivity (Wildman–Crippen MR) is 79.3 cm³/mol. The molecule has 1 aromatic rings. The topological polar surface area (TPSA) is 9.23 Å².